The van der Waals surface area contributed by atoms with Gasteiger partial charge in [-0.3, -0.25) is 0 Å². The molecule has 0 aliphatic heterocycles. The minimum atomic E-state index is 0.525. The van der Waals surface area contributed by atoms with Crippen LogP contribution in [0.25, 0.3) is 0 Å². The number of pyridine rings is 1. The first-order chi connectivity index (χ1) is 9.47. The molecule has 0 bridgehead atoms. The van der Waals surface area contributed by atoms with Crippen molar-refractivity contribution >= 4 is 5.82 Å². The van der Waals surface area contributed by atoms with E-state index in [0.29, 0.717) is 6.04 Å². The van der Waals surface area contributed by atoms with Crippen LogP contribution in [-0.4, -0.2) is 24.1 Å². The average molecular weight is 275 g/mol. The summed E-state index contributed by atoms with van der Waals surface area (Å²) in [6, 6.07) is 5.67. The van der Waals surface area contributed by atoms with Crippen molar-refractivity contribution in [3.63, 3.8) is 0 Å². The van der Waals surface area contributed by atoms with Gasteiger partial charge in [0.2, 0.25) is 0 Å². The lowest BCUT2D eigenvalue weighted by Crippen LogP contribution is -2.31. The average Bonchev–Trinajstić information content (AvgIpc) is 3.19. The summed E-state index contributed by atoms with van der Waals surface area (Å²) in [4.78, 5) is 7.08. The molecular formula is C17H29N3. The number of anilines is 1. The number of rotatable bonds is 7. The van der Waals surface area contributed by atoms with Gasteiger partial charge in [0.05, 0.1) is 0 Å². The number of nitrogens with zero attached hydrogens (tertiary/aromatic N) is 2. The molecule has 1 atom stereocenters. The molecule has 20 heavy (non-hydrogen) atoms. The molecule has 0 saturated heterocycles. The van der Waals surface area contributed by atoms with Gasteiger partial charge in [-0.15, -0.1) is 0 Å². The molecule has 112 valence electrons. The summed E-state index contributed by atoms with van der Waals surface area (Å²) in [5, 5.41) is 3.56. The highest BCUT2D eigenvalue weighted by Crippen LogP contribution is 2.21. The van der Waals surface area contributed by atoms with Crippen LogP contribution in [0.15, 0.2) is 12.1 Å². The van der Waals surface area contributed by atoms with Gasteiger partial charge in [-0.1, -0.05) is 19.9 Å². The van der Waals surface area contributed by atoms with Gasteiger partial charge in [-0.25, -0.2) is 4.98 Å². The van der Waals surface area contributed by atoms with Crippen molar-refractivity contribution in [1.29, 1.82) is 0 Å². The summed E-state index contributed by atoms with van der Waals surface area (Å²) in [6.07, 6.45) is 3.86. The van der Waals surface area contributed by atoms with E-state index in [9.17, 15) is 0 Å². The minimum absolute atomic E-state index is 0.525. The molecule has 0 aromatic carbocycles. The van der Waals surface area contributed by atoms with E-state index in [-0.39, 0.29) is 0 Å². The maximum Gasteiger partial charge on any atom is 0.128 e. The molecule has 1 unspecified atom stereocenters. The largest absolute Gasteiger partial charge is 0.357 e. The number of nitrogens with one attached hydrogen (secondary N) is 1. The lowest BCUT2D eigenvalue weighted by atomic mass is 10.0. The van der Waals surface area contributed by atoms with E-state index in [2.05, 4.69) is 57.1 Å². The normalized spacial score (nSPS) is 16.5. The Morgan fingerprint density at radius 2 is 2.00 bits per heavy atom. The number of hydrogen-bond acceptors (Lipinski definition) is 3. The number of aryl methyl sites for hydroxylation is 1. The zero-order chi connectivity index (χ0) is 14.7. The maximum absolute atomic E-state index is 4.79. The monoisotopic (exact) mass is 275 g/mol. The highest BCUT2D eigenvalue weighted by molar-refractivity contribution is 5.41. The van der Waals surface area contributed by atoms with Gasteiger partial charge in [0.15, 0.2) is 0 Å². The Hall–Kier alpha value is -1.09. The van der Waals surface area contributed by atoms with E-state index in [0.717, 1.165) is 30.0 Å². The van der Waals surface area contributed by atoms with Crippen molar-refractivity contribution in [1.82, 2.24) is 10.3 Å². The molecule has 0 spiro atoms. The topological polar surface area (TPSA) is 28.2 Å². The Kier molecular flexibility index (Phi) is 5.03. The lowest BCUT2D eigenvalue weighted by molar-refractivity contribution is 0.502. The SMILES string of the molecule is Cc1nc(N(C)C(C)CC(C)C)ccc1CNC1CC1. The summed E-state index contributed by atoms with van der Waals surface area (Å²) in [5.41, 5.74) is 2.48. The molecule has 1 aromatic heterocycles. The van der Waals surface area contributed by atoms with Crippen molar-refractivity contribution < 1.29 is 0 Å². The van der Waals surface area contributed by atoms with E-state index >= 15 is 0 Å². The van der Waals surface area contributed by atoms with Gasteiger partial charge in [-0.2, -0.15) is 0 Å². The molecule has 1 N–H and O–H groups in total. The second-order valence-corrected chi connectivity index (χ2v) is 6.66. The molecule has 1 aliphatic carbocycles. The van der Waals surface area contributed by atoms with E-state index in [4.69, 9.17) is 4.98 Å². The molecule has 1 aliphatic rings. The molecular weight excluding hydrogens is 246 g/mol. The van der Waals surface area contributed by atoms with Crippen molar-refractivity contribution in [2.45, 2.75) is 65.6 Å². The van der Waals surface area contributed by atoms with Crippen LogP contribution in [-0.2, 0) is 6.54 Å². The summed E-state index contributed by atoms with van der Waals surface area (Å²) >= 11 is 0. The van der Waals surface area contributed by atoms with Gasteiger partial charge >= 0.3 is 0 Å². The van der Waals surface area contributed by atoms with Crippen LogP contribution in [0.3, 0.4) is 0 Å². The molecule has 2 rings (SSSR count). The van der Waals surface area contributed by atoms with Gasteiger partial charge in [0.25, 0.3) is 0 Å². The van der Waals surface area contributed by atoms with Crippen LogP contribution in [0, 0.1) is 12.8 Å². The van der Waals surface area contributed by atoms with Crippen molar-refractivity contribution in [3.05, 3.63) is 23.4 Å². The smallest absolute Gasteiger partial charge is 0.128 e. The fourth-order valence-electron chi connectivity index (χ4n) is 2.57. The summed E-state index contributed by atoms with van der Waals surface area (Å²) in [5.74, 6) is 1.81. The zero-order valence-corrected chi connectivity index (χ0v) is 13.6. The van der Waals surface area contributed by atoms with E-state index in [1.54, 1.807) is 0 Å². The standard InChI is InChI=1S/C17H29N3/c1-12(2)10-13(3)20(5)17-9-6-15(14(4)19-17)11-18-16-7-8-16/h6,9,12-13,16,18H,7-8,10-11H2,1-5H3. The first-order valence-electron chi connectivity index (χ1n) is 7.90. The highest BCUT2D eigenvalue weighted by atomic mass is 15.2. The molecule has 0 radical (unpaired) electrons. The third-order valence-electron chi connectivity index (χ3n) is 4.17. The quantitative estimate of drug-likeness (QED) is 0.825. The molecule has 0 amide bonds. The Morgan fingerprint density at radius 1 is 1.30 bits per heavy atom. The van der Waals surface area contributed by atoms with Crippen LogP contribution < -0.4 is 10.2 Å². The third kappa shape index (κ3) is 4.20. The second-order valence-electron chi connectivity index (χ2n) is 6.66. The van der Waals surface area contributed by atoms with Gasteiger partial charge in [-0.05, 0) is 50.7 Å². The van der Waals surface area contributed by atoms with E-state index in [1.807, 2.05) is 0 Å². The molecule has 3 heteroatoms. The molecule has 1 fully saturated rings. The summed E-state index contributed by atoms with van der Waals surface area (Å²) in [6.45, 7) is 9.90. The summed E-state index contributed by atoms with van der Waals surface area (Å²) < 4.78 is 0. The van der Waals surface area contributed by atoms with Crippen molar-refractivity contribution in [2.75, 3.05) is 11.9 Å². The van der Waals surface area contributed by atoms with E-state index < -0.39 is 0 Å². The fraction of sp³-hybridized carbons (Fsp3) is 0.706. The van der Waals surface area contributed by atoms with Crippen LogP contribution >= 0.6 is 0 Å². The molecule has 1 aromatic rings. The summed E-state index contributed by atoms with van der Waals surface area (Å²) in [7, 11) is 2.15. The number of aromatic nitrogens is 1. The van der Waals surface area contributed by atoms with Crippen LogP contribution in [0.2, 0.25) is 0 Å². The highest BCUT2D eigenvalue weighted by Gasteiger charge is 2.20. The predicted octanol–water partition coefficient (Wildman–Crippen LogP) is 3.51. The molecule has 1 saturated carbocycles. The molecule has 3 nitrogen and oxygen atoms in total. The Morgan fingerprint density at radius 3 is 2.55 bits per heavy atom. The molecule has 1 heterocycles. The second kappa shape index (κ2) is 6.57. The van der Waals surface area contributed by atoms with E-state index in [1.165, 1.54) is 24.8 Å². The third-order valence-corrected chi connectivity index (χ3v) is 4.17. The maximum atomic E-state index is 4.79. The zero-order valence-electron chi connectivity index (χ0n) is 13.6. The van der Waals surface area contributed by atoms with Crippen LogP contribution in [0.4, 0.5) is 5.82 Å². The minimum Gasteiger partial charge on any atom is -0.357 e. The lowest BCUT2D eigenvalue weighted by Gasteiger charge is -2.28. The van der Waals surface area contributed by atoms with Gasteiger partial charge in [0, 0.05) is 31.4 Å². The Bertz CT molecular complexity index is 438. The van der Waals surface area contributed by atoms with Crippen LogP contribution in [0.1, 0.15) is 51.3 Å². The van der Waals surface area contributed by atoms with Gasteiger partial charge in [0.1, 0.15) is 5.82 Å². The van der Waals surface area contributed by atoms with Crippen molar-refractivity contribution in [2.24, 2.45) is 5.92 Å². The fourth-order valence-corrected chi connectivity index (χ4v) is 2.57. The van der Waals surface area contributed by atoms with Crippen molar-refractivity contribution in [3.8, 4) is 0 Å². The predicted molar refractivity (Wildman–Crippen MR) is 86.2 cm³/mol. The van der Waals surface area contributed by atoms with Gasteiger partial charge < -0.3 is 10.2 Å². The van der Waals surface area contributed by atoms with Crippen LogP contribution in [0.5, 0.6) is 0 Å². The first-order valence-corrected chi connectivity index (χ1v) is 7.90. The first kappa shape index (κ1) is 15.3. The Balaban J connectivity index is 1.99. The Labute approximate surface area is 123 Å². The number of hydrogen-bond donors (Lipinski definition) is 1.